The van der Waals surface area contributed by atoms with Crippen LogP contribution in [0.25, 0.3) is 22.2 Å². The van der Waals surface area contributed by atoms with Crippen LogP contribution in [0.3, 0.4) is 0 Å². The molecule has 0 atom stereocenters. The van der Waals surface area contributed by atoms with E-state index < -0.39 is 6.09 Å². The van der Waals surface area contributed by atoms with Gasteiger partial charge in [-0.2, -0.15) is 0 Å². The molecule has 2 aromatic heterocycles. The molecule has 5 heteroatoms. The molecule has 0 aliphatic rings. The highest BCUT2D eigenvalue weighted by atomic mass is 35.5. The maximum atomic E-state index is 11.7. The Bertz CT molecular complexity index is 1110. The van der Waals surface area contributed by atoms with Gasteiger partial charge in [0.2, 0.25) is 0 Å². The van der Waals surface area contributed by atoms with Gasteiger partial charge in [-0.05, 0) is 42.3 Å². The summed E-state index contributed by atoms with van der Waals surface area (Å²) in [6.45, 7) is 1.83. The number of benzene rings is 2. The lowest BCUT2D eigenvalue weighted by atomic mass is 10.0. The third-order valence-corrected chi connectivity index (χ3v) is 5.01. The number of hydrogen-bond donors (Lipinski definition) is 1. The van der Waals surface area contributed by atoms with E-state index in [4.69, 9.17) is 16.0 Å². The highest BCUT2D eigenvalue weighted by Gasteiger charge is 2.18. The number of fused-ring (bicyclic) bond motifs is 1. The van der Waals surface area contributed by atoms with Crippen LogP contribution < -0.4 is 0 Å². The van der Waals surface area contributed by atoms with Gasteiger partial charge >= 0.3 is 6.09 Å². The zero-order valence-electron chi connectivity index (χ0n) is 14.1. The SMILES string of the molecule is Cc1c(Cc2ccc(-c3ccco3)cc2Cl)c2ccccc2n1C(=O)O. The van der Waals surface area contributed by atoms with Gasteiger partial charge in [0, 0.05) is 28.1 Å². The average Bonchev–Trinajstić information content (AvgIpc) is 3.24. The van der Waals surface area contributed by atoms with Gasteiger partial charge in [-0.3, -0.25) is 0 Å². The minimum atomic E-state index is -0.982. The summed E-state index contributed by atoms with van der Waals surface area (Å²) in [5, 5.41) is 11.1. The summed E-state index contributed by atoms with van der Waals surface area (Å²) in [6, 6.07) is 17.1. The van der Waals surface area contributed by atoms with Crippen LogP contribution in [0.4, 0.5) is 4.79 Å². The number of carbonyl (C=O) groups is 1. The van der Waals surface area contributed by atoms with E-state index in [2.05, 4.69) is 0 Å². The Morgan fingerprint density at radius 2 is 1.96 bits per heavy atom. The van der Waals surface area contributed by atoms with Gasteiger partial charge in [-0.15, -0.1) is 0 Å². The second kappa shape index (κ2) is 6.39. The van der Waals surface area contributed by atoms with Crippen molar-refractivity contribution in [2.24, 2.45) is 0 Å². The van der Waals surface area contributed by atoms with Crippen LogP contribution in [0.2, 0.25) is 5.02 Å². The van der Waals surface area contributed by atoms with E-state index in [1.807, 2.05) is 61.5 Å². The fourth-order valence-electron chi connectivity index (χ4n) is 3.38. The van der Waals surface area contributed by atoms with E-state index in [0.29, 0.717) is 22.7 Å². The first-order chi connectivity index (χ1) is 12.6. The van der Waals surface area contributed by atoms with Gasteiger partial charge in [0.05, 0.1) is 11.8 Å². The number of para-hydroxylation sites is 1. The number of furan rings is 1. The Labute approximate surface area is 155 Å². The number of halogens is 1. The summed E-state index contributed by atoms with van der Waals surface area (Å²) in [7, 11) is 0. The third kappa shape index (κ3) is 2.68. The van der Waals surface area contributed by atoms with Crippen LogP contribution in [-0.4, -0.2) is 15.8 Å². The van der Waals surface area contributed by atoms with E-state index in [1.54, 1.807) is 6.26 Å². The normalized spacial score (nSPS) is 11.2. The molecule has 4 rings (SSSR count). The van der Waals surface area contributed by atoms with Crippen LogP contribution >= 0.6 is 11.6 Å². The molecular weight excluding hydrogens is 350 g/mol. The smallest absolute Gasteiger partial charge is 0.416 e. The third-order valence-electron chi connectivity index (χ3n) is 4.66. The first-order valence-corrected chi connectivity index (χ1v) is 8.58. The zero-order chi connectivity index (χ0) is 18.3. The molecule has 0 bridgehead atoms. The van der Waals surface area contributed by atoms with E-state index in [0.717, 1.165) is 27.8 Å². The Morgan fingerprint density at radius 3 is 2.65 bits per heavy atom. The summed E-state index contributed by atoms with van der Waals surface area (Å²) in [5.41, 5.74) is 4.23. The molecule has 4 nitrogen and oxygen atoms in total. The molecule has 130 valence electrons. The standard InChI is InChI=1S/C21H16ClNO3/c1-13-17(16-5-2-3-6-19(16)23(13)21(24)25)11-14-8-9-15(12-18(14)22)20-7-4-10-26-20/h2-10,12H,11H2,1H3,(H,24,25). The molecule has 0 radical (unpaired) electrons. The highest BCUT2D eigenvalue weighted by molar-refractivity contribution is 6.31. The second-order valence-corrected chi connectivity index (χ2v) is 6.57. The first kappa shape index (κ1) is 16.5. The van der Waals surface area contributed by atoms with E-state index in [9.17, 15) is 9.90 Å². The van der Waals surface area contributed by atoms with Crippen molar-refractivity contribution in [2.45, 2.75) is 13.3 Å². The minimum absolute atomic E-state index is 0.559. The number of rotatable bonds is 3. The zero-order valence-corrected chi connectivity index (χ0v) is 14.8. The average molecular weight is 366 g/mol. The maximum absolute atomic E-state index is 11.7. The Balaban J connectivity index is 1.79. The summed E-state index contributed by atoms with van der Waals surface area (Å²) in [4.78, 5) is 11.7. The first-order valence-electron chi connectivity index (χ1n) is 8.21. The molecule has 4 aromatic rings. The predicted octanol–water partition coefficient (Wildman–Crippen LogP) is 5.98. The van der Waals surface area contributed by atoms with Crippen LogP contribution in [0.5, 0.6) is 0 Å². The molecule has 0 saturated carbocycles. The van der Waals surface area contributed by atoms with Crippen molar-refractivity contribution in [2.75, 3.05) is 0 Å². The second-order valence-electron chi connectivity index (χ2n) is 6.16. The van der Waals surface area contributed by atoms with Gasteiger partial charge in [-0.1, -0.05) is 41.9 Å². The van der Waals surface area contributed by atoms with Gasteiger partial charge in [0.25, 0.3) is 0 Å². The molecule has 0 aliphatic heterocycles. The van der Waals surface area contributed by atoms with Crippen molar-refractivity contribution in [3.8, 4) is 11.3 Å². The van der Waals surface area contributed by atoms with Crippen LogP contribution in [0, 0.1) is 6.92 Å². The molecule has 0 amide bonds. The summed E-state index contributed by atoms with van der Waals surface area (Å²) in [6.07, 6.45) is 1.20. The van der Waals surface area contributed by atoms with E-state index in [-0.39, 0.29) is 0 Å². The Hall–Kier alpha value is -2.98. The van der Waals surface area contributed by atoms with Crippen LogP contribution in [-0.2, 0) is 6.42 Å². The van der Waals surface area contributed by atoms with Gasteiger partial charge in [0.1, 0.15) is 5.76 Å². The lowest BCUT2D eigenvalue weighted by molar-refractivity contribution is 0.197. The quantitative estimate of drug-likeness (QED) is 0.486. The lowest BCUT2D eigenvalue weighted by Gasteiger charge is -2.07. The molecule has 0 aliphatic carbocycles. The highest BCUT2D eigenvalue weighted by Crippen LogP contribution is 2.32. The topological polar surface area (TPSA) is 55.4 Å². The monoisotopic (exact) mass is 365 g/mol. The van der Waals surface area contributed by atoms with E-state index >= 15 is 0 Å². The number of nitrogens with zero attached hydrogens (tertiary/aromatic N) is 1. The predicted molar refractivity (Wildman–Crippen MR) is 102 cm³/mol. The molecule has 0 fully saturated rings. The molecule has 26 heavy (non-hydrogen) atoms. The van der Waals surface area contributed by atoms with Gasteiger partial charge in [0.15, 0.2) is 0 Å². The molecule has 2 aromatic carbocycles. The minimum Gasteiger partial charge on any atom is -0.464 e. The molecule has 0 spiro atoms. The summed E-state index contributed by atoms with van der Waals surface area (Å²) < 4.78 is 6.74. The largest absolute Gasteiger partial charge is 0.464 e. The van der Waals surface area contributed by atoms with Crippen molar-refractivity contribution in [1.29, 1.82) is 0 Å². The molecule has 2 heterocycles. The molecule has 0 saturated heterocycles. The molecule has 1 N–H and O–H groups in total. The fraction of sp³-hybridized carbons (Fsp3) is 0.0952. The summed E-state index contributed by atoms with van der Waals surface area (Å²) >= 11 is 6.50. The van der Waals surface area contributed by atoms with Crippen molar-refractivity contribution in [3.05, 3.63) is 82.7 Å². The van der Waals surface area contributed by atoms with E-state index in [1.165, 1.54) is 4.57 Å². The molecule has 0 unspecified atom stereocenters. The van der Waals surface area contributed by atoms with Crippen molar-refractivity contribution < 1.29 is 14.3 Å². The van der Waals surface area contributed by atoms with Crippen molar-refractivity contribution in [3.63, 3.8) is 0 Å². The Kier molecular flexibility index (Phi) is 4.05. The van der Waals surface area contributed by atoms with Gasteiger partial charge < -0.3 is 9.52 Å². The lowest BCUT2D eigenvalue weighted by Crippen LogP contribution is -2.09. The number of carboxylic acid groups (broad SMARTS) is 1. The summed E-state index contributed by atoms with van der Waals surface area (Å²) in [5.74, 6) is 0.761. The number of aromatic nitrogens is 1. The number of hydrogen-bond acceptors (Lipinski definition) is 2. The Morgan fingerprint density at radius 1 is 1.15 bits per heavy atom. The van der Waals surface area contributed by atoms with Crippen LogP contribution in [0.15, 0.2) is 65.3 Å². The van der Waals surface area contributed by atoms with Crippen molar-refractivity contribution >= 4 is 28.6 Å². The van der Waals surface area contributed by atoms with Crippen molar-refractivity contribution in [1.82, 2.24) is 4.57 Å². The van der Waals surface area contributed by atoms with Crippen LogP contribution in [0.1, 0.15) is 16.8 Å². The van der Waals surface area contributed by atoms with Gasteiger partial charge in [-0.25, -0.2) is 9.36 Å². The molecular formula is C21H16ClNO3. The fourth-order valence-corrected chi connectivity index (χ4v) is 3.63. The maximum Gasteiger partial charge on any atom is 0.416 e.